The Morgan fingerprint density at radius 2 is 2.16 bits per heavy atom. The third kappa shape index (κ3) is 5.44. The molecule has 7 heteroatoms. The molecule has 0 aromatic carbocycles. The number of likely N-dealkylation sites (N-methyl/N-ethyl adjacent to an activating group) is 1. The number of ether oxygens (including phenoxy) is 1. The second-order valence-corrected chi connectivity index (χ2v) is 8.55. The van der Waals surface area contributed by atoms with Gasteiger partial charge in [0.2, 0.25) is 5.91 Å². The summed E-state index contributed by atoms with van der Waals surface area (Å²) in [7, 11) is 4.00. The van der Waals surface area contributed by atoms with E-state index in [9.17, 15) is 9.59 Å². The van der Waals surface area contributed by atoms with Gasteiger partial charge >= 0.3 is 6.09 Å². The molecule has 1 aromatic rings. The van der Waals surface area contributed by atoms with Crippen molar-refractivity contribution in [1.29, 1.82) is 0 Å². The zero-order valence-electron chi connectivity index (χ0n) is 15.7. The van der Waals surface area contributed by atoms with Crippen LogP contribution in [0.15, 0.2) is 17.5 Å². The summed E-state index contributed by atoms with van der Waals surface area (Å²) >= 11 is 1.68. The van der Waals surface area contributed by atoms with E-state index in [2.05, 4.69) is 16.3 Å². The average Bonchev–Trinajstić information content (AvgIpc) is 3.16. The molecule has 1 aromatic heterocycles. The number of rotatable bonds is 5. The lowest BCUT2D eigenvalue weighted by Crippen LogP contribution is -2.48. The summed E-state index contributed by atoms with van der Waals surface area (Å²) in [5.41, 5.74) is -0.560. The molecule has 2 heterocycles. The molecular formula is C18H29N3O3S. The first-order valence-corrected chi connectivity index (χ1v) is 9.54. The molecule has 0 saturated carbocycles. The van der Waals surface area contributed by atoms with Crippen LogP contribution < -0.4 is 5.32 Å². The number of hydrogen-bond acceptors (Lipinski definition) is 5. The van der Waals surface area contributed by atoms with Crippen molar-refractivity contribution in [3.8, 4) is 0 Å². The molecule has 6 nitrogen and oxygen atoms in total. The first kappa shape index (κ1) is 19.7. The number of likely N-dealkylation sites (tertiary alicyclic amines) is 1. The standard InChI is InChI=1S/C18H29N3O3S/c1-18(2,3)24-17(23)21-10-6-8-13(21)16(22)19-12-14(20(4)5)15-9-7-11-25-15/h7,9,11,13-14H,6,8,10,12H2,1-5H3,(H,19,22). The van der Waals surface area contributed by atoms with Gasteiger partial charge in [-0.3, -0.25) is 9.69 Å². The normalized spacial score (nSPS) is 19.1. The van der Waals surface area contributed by atoms with Crippen LogP contribution in [0, 0.1) is 0 Å². The number of hydrogen-bond donors (Lipinski definition) is 1. The predicted molar refractivity (Wildman–Crippen MR) is 99.7 cm³/mol. The van der Waals surface area contributed by atoms with Gasteiger partial charge in [-0.25, -0.2) is 4.79 Å². The van der Waals surface area contributed by atoms with Crippen LogP contribution in [0.1, 0.15) is 44.5 Å². The molecule has 0 radical (unpaired) electrons. The van der Waals surface area contributed by atoms with Crippen LogP contribution in [0.5, 0.6) is 0 Å². The first-order valence-electron chi connectivity index (χ1n) is 8.66. The van der Waals surface area contributed by atoms with E-state index in [1.165, 1.54) is 4.88 Å². The Labute approximate surface area is 154 Å². The summed E-state index contributed by atoms with van der Waals surface area (Å²) in [4.78, 5) is 29.8. The molecule has 0 bridgehead atoms. The van der Waals surface area contributed by atoms with Crippen molar-refractivity contribution in [1.82, 2.24) is 15.1 Å². The fourth-order valence-electron chi connectivity index (χ4n) is 2.91. The topological polar surface area (TPSA) is 61.9 Å². The van der Waals surface area contributed by atoms with E-state index in [0.29, 0.717) is 19.5 Å². The number of nitrogens with zero attached hydrogens (tertiary/aromatic N) is 2. The number of nitrogens with one attached hydrogen (secondary N) is 1. The second-order valence-electron chi connectivity index (χ2n) is 7.57. The molecule has 2 atom stereocenters. The Morgan fingerprint density at radius 3 is 2.72 bits per heavy atom. The summed E-state index contributed by atoms with van der Waals surface area (Å²) in [6.07, 6.45) is 1.09. The first-order chi connectivity index (χ1) is 11.7. The molecule has 1 N–H and O–H groups in total. The zero-order chi connectivity index (χ0) is 18.6. The Morgan fingerprint density at radius 1 is 1.44 bits per heavy atom. The van der Waals surface area contributed by atoms with Crippen LogP contribution in [0.3, 0.4) is 0 Å². The Hall–Kier alpha value is -1.60. The van der Waals surface area contributed by atoms with E-state index in [-0.39, 0.29) is 11.9 Å². The molecule has 2 unspecified atom stereocenters. The lowest BCUT2D eigenvalue weighted by Gasteiger charge is -2.29. The molecule has 1 aliphatic heterocycles. The zero-order valence-corrected chi connectivity index (χ0v) is 16.6. The van der Waals surface area contributed by atoms with Crippen molar-refractivity contribution in [2.24, 2.45) is 0 Å². The lowest BCUT2D eigenvalue weighted by atomic mass is 10.2. The third-order valence-corrected chi connectivity index (χ3v) is 5.12. The number of thiophene rings is 1. The molecule has 1 saturated heterocycles. The Kier molecular flexibility index (Phi) is 6.46. The highest BCUT2D eigenvalue weighted by atomic mass is 32.1. The van der Waals surface area contributed by atoms with Crippen LogP contribution in [0.25, 0.3) is 0 Å². The monoisotopic (exact) mass is 367 g/mol. The SMILES string of the molecule is CN(C)C(CNC(=O)C1CCCN1C(=O)OC(C)(C)C)c1cccs1. The Balaban J connectivity index is 1.96. The summed E-state index contributed by atoms with van der Waals surface area (Å²) in [6.45, 7) is 6.58. The van der Waals surface area contributed by atoms with Crippen molar-refractivity contribution >= 4 is 23.3 Å². The lowest BCUT2D eigenvalue weighted by molar-refractivity contribution is -0.125. The predicted octanol–water partition coefficient (Wildman–Crippen LogP) is 2.87. The summed E-state index contributed by atoms with van der Waals surface area (Å²) < 4.78 is 5.43. The highest BCUT2D eigenvalue weighted by Gasteiger charge is 2.36. The van der Waals surface area contributed by atoms with Crippen LogP contribution in [-0.2, 0) is 9.53 Å². The molecule has 0 aliphatic carbocycles. The van der Waals surface area contributed by atoms with Crippen LogP contribution >= 0.6 is 11.3 Å². The van der Waals surface area contributed by atoms with Gasteiger partial charge in [0.1, 0.15) is 11.6 Å². The summed E-state index contributed by atoms with van der Waals surface area (Å²) in [5.74, 6) is -0.105. The largest absolute Gasteiger partial charge is 0.444 e. The number of carbonyl (C=O) groups is 2. The van der Waals surface area contributed by atoms with E-state index in [1.54, 1.807) is 16.2 Å². The van der Waals surface area contributed by atoms with E-state index < -0.39 is 17.7 Å². The minimum Gasteiger partial charge on any atom is -0.444 e. The van der Waals surface area contributed by atoms with E-state index in [1.807, 2.05) is 46.3 Å². The molecule has 2 amide bonds. The smallest absolute Gasteiger partial charge is 0.410 e. The highest BCUT2D eigenvalue weighted by Crippen LogP contribution is 2.24. The van der Waals surface area contributed by atoms with Gasteiger partial charge in [0.25, 0.3) is 0 Å². The minimum absolute atomic E-state index is 0.105. The van der Waals surface area contributed by atoms with Crippen molar-refractivity contribution in [3.63, 3.8) is 0 Å². The van der Waals surface area contributed by atoms with Crippen molar-refractivity contribution < 1.29 is 14.3 Å². The van der Waals surface area contributed by atoms with Crippen LogP contribution in [0.2, 0.25) is 0 Å². The summed E-state index contributed by atoms with van der Waals surface area (Å²) in [6, 6.07) is 3.77. The van der Waals surface area contributed by atoms with Crippen molar-refractivity contribution in [2.75, 3.05) is 27.2 Å². The quantitative estimate of drug-likeness (QED) is 0.869. The fraction of sp³-hybridized carbons (Fsp3) is 0.667. The van der Waals surface area contributed by atoms with Gasteiger partial charge in [-0.05, 0) is 59.2 Å². The van der Waals surface area contributed by atoms with Crippen LogP contribution in [-0.4, -0.2) is 60.6 Å². The third-order valence-electron chi connectivity index (χ3n) is 4.15. The van der Waals surface area contributed by atoms with E-state index in [0.717, 1.165) is 6.42 Å². The molecule has 25 heavy (non-hydrogen) atoms. The molecule has 140 valence electrons. The fourth-order valence-corrected chi connectivity index (χ4v) is 3.83. The highest BCUT2D eigenvalue weighted by molar-refractivity contribution is 7.10. The Bertz CT molecular complexity index is 581. The van der Waals surface area contributed by atoms with Gasteiger partial charge in [0, 0.05) is 18.0 Å². The van der Waals surface area contributed by atoms with Gasteiger partial charge in [-0.15, -0.1) is 11.3 Å². The second kappa shape index (κ2) is 8.19. The van der Waals surface area contributed by atoms with Crippen molar-refractivity contribution in [3.05, 3.63) is 22.4 Å². The molecular weight excluding hydrogens is 338 g/mol. The van der Waals surface area contributed by atoms with Gasteiger partial charge in [-0.2, -0.15) is 0 Å². The molecule has 1 aliphatic rings. The van der Waals surface area contributed by atoms with Gasteiger partial charge < -0.3 is 15.0 Å². The maximum Gasteiger partial charge on any atom is 0.410 e. The maximum atomic E-state index is 12.6. The average molecular weight is 368 g/mol. The van der Waals surface area contributed by atoms with Gasteiger partial charge in [0.05, 0.1) is 6.04 Å². The van der Waals surface area contributed by atoms with E-state index in [4.69, 9.17) is 4.74 Å². The van der Waals surface area contributed by atoms with Gasteiger partial charge in [0.15, 0.2) is 0 Å². The number of amides is 2. The minimum atomic E-state index is -0.560. The number of carbonyl (C=O) groups excluding carboxylic acids is 2. The van der Waals surface area contributed by atoms with Gasteiger partial charge in [-0.1, -0.05) is 6.07 Å². The maximum absolute atomic E-state index is 12.6. The van der Waals surface area contributed by atoms with Crippen molar-refractivity contribution in [2.45, 2.75) is 51.3 Å². The van der Waals surface area contributed by atoms with Crippen LogP contribution in [0.4, 0.5) is 4.79 Å². The molecule has 0 spiro atoms. The molecule has 2 rings (SSSR count). The molecule has 1 fully saturated rings. The van der Waals surface area contributed by atoms with E-state index >= 15 is 0 Å². The summed E-state index contributed by atoms with van der Waals surface area (Å²) in [5, 5.41) is 5.06.